The number of hydrogen-bond donors (Lipinski definition) is 2. The second-order valence-electron chi connectivity index (χ2n) is 7.43. The first-order chi connectivity index (χ1) is 12.6. The summed E-state index contributed by atoms with van der Waals surface area (Å²) in [5.41, 5.74) is 3.28. The van der Waals surface area contributed by atoms with E-state index in [1.807, 2.05) is 12.1 Å². The molecule has 1 saturated carbocycles. The number of aromatic nitrogens is 2. The normalized spacial score (nSPS) is 20.5. The number of nitrogens with zero attached hydrogens (tertiary/aromatic N) is 3. The van der Waals surface area contributed by atoms with Crippen LogP contribution in [-0.2, 0) is 0 Å². The van der Waals surface area contributed by atoms with Gasteiger partial charge < -0.3 is 15.3 Å². The lowest BCUT2D eigenvalue weighted by Crippen LogP contribution is -2.39. The van der Waals surface area contributed by atoms with Crippen molar-refractivity contribution in [3.05, 3.63) is 35.4 Å². The van der Waals surface area contributed by atoms with Gasteiger partial charge in [0, 0.05) is 23.7 Å². The van der Waals surface area contributed by atoms with Gasteiger partial charge in [0.15, 0.2) is 0 Å². The Morgan fingerprint density at radius 2 is 2.08 bits per heavy atom. The van der Waals surface area contributed by atoms with E-state index in [1.54, 1.807) is 6.07 Å². The molecule has 0 radical (unpaired) electrons. The molecule has 1 unspecified atom stereocenters. The zero-order valence-electron chi connectivity index (χ0n) is 15.1. The van der Waals surface area contributed by atoms with Crippen molar-refractivity contribution in [1.29, 1.82) is 0 Å². The Bertz CT molecular complexity index is 854. The lowest BCUT2D eigenvalue weighted by molar-refractivity contribution is 0.260. The fraction of sp³-hybridized carbons (Fsp3) is 0.429. The first-order valence-electron chi connectivity index (χ1n) is 9.26. The molecule has 1 saturated heterocycles. The Morgan fingerprint density at radius 3 is 2.77 bits per heavy atom. The number of anilines is 1. The number of rotatable bonds is 4. The quantitative estimate of drug-likeness (QED) is 0.831. The van der Waals surface area contributed by atoms with Gasteiger partial charge in [-0.05, 0) is 75.0 Å². The van der Waals surface area contributed by atoms with Gasteiger partial charge in [0.25, 0.3) is 0 Å². The molecular formula is C21H24N4O. The topological polar surface area (TPSA) is 61.3 Å². The van der Waals surface area contributed by atoms with Gasteiger partial charge in [0.1, 0.15) is 17.3 Å². The van der Waals surface area contributed by atoms with Crippen LogP contribution in [0.15, 0.2) is 24.3 Å². The van der Waals surface area contributed by atoms with Crippen LogP contribution in [0.2, 0.25) is 0 Å². The Labute approximate surface area is 154 Å². The summed E-state index contributed by atoms with van der Waals surface area (Å²) in [6.07, 6.45) is 10.1. The lowest BCUT2D eigenvalue weighted by atomic mass is 10.0. The van der Waals surface area contributed by atoms with Crippen LogP contribution in [0, 0.1) is 12.3 Å². The highest BCUT2D eigenvalue weighted by atomic mass is 16.3. The number of phenolic OH excluding ortho intramolecular Hbond substituents is 1. The molecule has 0 amide bonds. The third kappa shape index (κ3) is 3.51. The van der Waals surface area contributed by atoms with E-state index in [0.29, 0.717) is 23.1 Å². The van der Waals surface area contributed by atoms with Gasteiger partial charge >= 0.3 is 0 Å². The van der Waals surface area contributed by atoms with Crippen LogP contribution in [0.3, 0.4) is 0 Å². The maximum Gasteiger partial charge on any atom is 0.149 e. The van der Waals surface area contributed by atoms with Crippen molar-refractivity contribution in [3.63, 3.8) is 0 Å². The molecule has 2 aliphatic rings. The number of likely N-dealkylation sites (N-methyl/N-ethyl adjacent to an activating group) is 1. The molecular weight excluding hydrogens is 324 g/mol. The van der Waals surface area contributed by atoms with E-state index >= 15 is 0 Å². The zero-order chi connectivity index (χ0) is 18.1. The second-order valence-corrected chi connectivity index (χ2v) is 7.43. The first-order valence-corrected chi connectivity index (χ1v) is 9.26. The molecule has 1 aliphatic heterocycles. The molecule has 5 nitrogen and oxygen atoms in total. The van der Waals surface area contributed by atoms with Gasteiger partial charge in [-0.15, -0.1) is 16.6 Å². The van der Waals surface area contributed by atoms with Crippen LogP contribution >= 0.6 is 0 Å². The van der Waals surface area contributed by atoms with Gasteiger partial charge in [-0.1, -0.05) is 5.92 Å². The van der Waals surface area contributed by atoms with Crippen molar-refractivity contribution in [1.82, 2.24) is 15.1 Å². The van der Waals surface area contributed by atoms with Gasteiger partial charge in [-0.25, -0.2) is 0 Å². The van der Waals surface area contributed by atoms with Crippen LogP contribution in [-0.4, -0.2) is 46.4 Å². The van der Waals surface area contributed by atoms with Crippen LogP contribution in [0.4, 0.5) is 5.82 Å². The first kappa shape index (κ1) is 16.9. The molecule has 2 heterocycles. The molecule has 0 bridgehead atoms. The van der Waals surface area contributed by atoms with E-state index in [1.165, 1.54) is 6.42 Å². The van der Waals surface area contributed by atoms with Crippen molar-refractivity contribution in [2.75, 3.05) is 25.5 Å². The van der Waals surface area contributed by atoms with Crippen LogP contribution < -0.4 is 5.32 Å². The Balaban J connectivity index is 1.63. The van der Waals surface area contributed by atoms with Crippen molar-refractivity contribution in [2.24, 2.45) is 0 Å². The molecule has 134 valence electrons. The number of hydrogen-bond acceptors (Lipinski definition) is 5. The number of likely N-dealkylation sites (tertiary alicyclic amines) is 1. The molecule has 2 N–H and O–H groups in total. The zero-order valence-corrected chi connectivity index (χ0v) is 15.1. The minimum atomic E-state index is 0.159. The van der Waals surface area contributed by atoms with Crippen molar-refractivity contribution < 1.29 is 5.11 Å². The summed E-state index contributed by atoms with van der Waals surface area (Å²) >= 11 is 0. The molecule has 5 heteroatoms. The smallest absolute Gasteiger partial charge is 0.149 e. The van der Waals surface area contributed by atoms with Crippen LogP contribution in [0.5, 0.6) is 5.75 Å². The molecule has 2 fully saturated rings. The highest BCUT2D eigenvalue weighted by Crippen LogP contribution is 2.45. The minimum Gasteiger partial charge on any atom is -0.507 e. The SMILES string of the molecule is C#Cc1ccc(-c2nnc(NC3CCCN(C)C3)cc2C2CC2)c(O)c1. The second kappa shape index (κ2) is 6.97. The summed E-state index contributed by atoms with van der Waals surface area (Å²) in [4.78, 5) is 2.34. The van der Waals surface area contributed by atoms with E-state index in [2.05, 4.69) is 39.4 Å². The number of aromatic hydroxyl groups is 1. The maximum atomic E-state index is 10.4. The summed E-state index contributed by atoms with van der Waals surface area (Å²) in [6, 6.07) is 7.80. The summed E-state index contributed by atoms with van der Waals surface area (Å²) in [5, 5.41) is 22.8. The molecule has 1 aromatic heterocycles. The predicted molar refractivity (Wildman–Crippen MR) is 103 cm³/mol. The average Bonchev–Trinajstić information content (AvgIpc) is 3.47. The summed E-state index contributed by atoms with van der Waals surface area (Å²) in [6.45, 7) is 2.18. The van der Waals surface area contributed by atoms with Gasteiger partial charge in [-0.2, -0.15) is 0 Å². The predicted octanol–water partition coefficient (Wildman–Crippen LogP) is 3.21. The van der Waals surface area contributed by atoms with E-state index < -0.39 is 0 Å². The summed E-state index contributed by atoms with van der Waals surface area (Å²) < 4.78 is 0. The molecule has 2 aromatic rings. The molecule has 1 aromatic carbocycles. The number of phenols is 1. The number of nitrogens with one attached hydrogen (secondary N) is 1. The molecule has 1 atom stereocenters. The van der Waals surface area contributed by atoms with E-state index in [9.17, 15) is 5.11 Å². The van der Waals surface area contributed by atoms with Crippen molar-refractivity contribution in [2.45, 2.75) is 37.6 Å². The van der Waals surface area contributed by atoms with E-state index in [-0.39, 0.29) is 5.75 Å². The van der Waals surface area contributed by atoms with Gasteiger partial charge in [0.2, 0.25) is 0 Å². The molecule has 1 aliphatic carbocycles. The summed E-state index contributed by atoms with van der Waals surface area (Å²) in [5.74, 6) is 4.03. The molecule has 4 rings (SSSR count). The van der Waals surface area contributed by atoms with Gasteiger partial charge in [0.05, 0.1) is 0 Å². The lowest BCUT2D eigenvalue weighted by Gasteiger charge is -2.30. The molecule has 26 heavy (non-hydrogen) atoms. The van der Waals surface area contributed by atoms with Crippen LogP contribution in [0.25, 0.3) is 11.3 Å². The standard InChI is InChI=1S/C21H24N4O/c1-3-14-6-9-17(19(26)11-14)21-18(15-7-8-15)12-20(23-24-21)22-16-5-4-10-25(2)13-16/h1,6,9,11-12,15-16,26H,4-5,7-8,10,13H2,2H3,(H,22,23). The highest BCUT2D eigenvalue weighted by Gasteiger charge is 2.29. The van der Waals surface area contributed by atoms with Crippen LogP contribution in [0.1, 0.15) is 42.7 Å². The Kier molecular flexibility index (Phi) is 4.52. The molecule has 0 spiro atoms. The number of piperidine rings is 1. The number of terminal acetylenes is 1. The fourth-order valence-corrected chi connectivity index (χ4v) is 3.71. The third-order valence-corrected chi connectivity index (χ3v) is 5.24. The fourth-order valence-electron chi connectivity index (χ4n) is 3.71. The van der Waals surface area contributed by atoms with E-state index in [4.69, 9.17) is 6.42 Å². The summed E-state index contributed by atoms with van der Waals surface area (Å²) in [7, 11) is 2.15. The number of benzene rings is 1. The largest absolute Gasteiger partial charge is 0.507 e. The average molecular weight is 348 g/mol. The third-order valence-electron chi connectivity index (χ3n) is 5.24. The van der Waals surface area contributed by atoms with Gasteiger partial charge in [-0.3, -0.25) is 0 Å². The highest BCUT2D eigenvalue weighted by molar-refractivity contribution is 5.72. The van der Waals surface area contributed by atoms with E-state index in [0.717, 1.165) is 49.4 Å². The maximum absolute atomic E-state index is 10.4. The Morgan fingerprint density at radius 1 is 1.23 bits per heavy atom. The minimum absolute atomic E-state index is 0.159. The van der Waals surface area contributed by atoms with Crippen molar-refractivity contribution in [3.8, 4) is 29.4 Å². The van der Waals surface area contributed by atoms with Crippen molar-refractivity contribution >= 4 is 5.82 Å². The monoisotopic (exact) mass is 348 g/mol. The Hall–Kier alpha value is -2.58.